The fraction of sp³-hybridized carbons (Fsp3) is 0.727. The molecule has 0 aromatic carbocycles. The van der Waals surface area contributed by atoms with E-state index in [1.807, 2.05) is 21.1 Å². The molecule has 0 aliphatic rings. The van der Waals surface area contributed by atoms with Crippen LogP contribution in [0.4, 0.5) is 0 Å². The van der Waals surface area contributed by atoms with Gasteiger partial charge in [-0.1, -0.05) is 170 Å². The van der Waals surface area contributed by atoms with E-state index in [2.05, 4.69) is 86.8 Å². The van der Waals surface area contributed by atoms with Gasteiger partial charge in [0, 0.05) is 19.3 Å². The Morgan fingerprint density at radius 3 is 1.32 bits per heavy atom. The summed E-state index contributed by atoms with van der Waals surface area (Å²) in [6.45, 7) is 4.66. The number of unbranched alkanes of at least 4 members (excludes halogenated alkanes) is 19. The van der Waals surface area contributed by atoms with Crippen molar-refractivity contribution >= 4 is 17.9 Å². The van der Waals surface area contributed by atoms with E-state index >= 15 is 0 Å². The highest BCUT2D eigenvalue weighted by molar-refractivity contribution is 5.72. The predicted molar refractivity (Wildman–Crippen MR) is 266 cm³/mol. The Bertz CT molecular complexity index is 1260. The van der Waals surface area contributed by atoms with Gasteiger partial charge < -0.3 is 23.8 Å². The van der Waals surface area contributed by atoms with Crippen LogP contribution in [0.1, 0.15) is 206 Å². The first-order valence-electron chi connectivity index (χ1n) is 25.5. The minimum Gasteiger partial charge on any atom is -0.477 e. The monoisotopic (exact) mass is 883 g/mol. The summed E-state index contributed by atoms with van der Waals surface area (Å²) in [6.07, 6.45) is 58.1. The Morgan fingerprint density at radius 2 is 0.841 bits per heavy atom. The molecular weight excluding hydrogens is 787 g/mol. The van der Waals surface area contributed by atoms with Gasteiger partial charge in [0.1, 0.15) is 6.61 Å². The van der Waals surface area contributed by atoms with Gasteiger partial charge in [0.2, 0.25) is 0 Å². The molecule has 0 rings (SSSR count). The van der Waals surface area contributed by atoms with Gasteiger partial charge in [0.15, 0.2) is 12.1 Å². The van der Waals surface area contributed by atoms with Crippen molar-refractivity contribution < 1.29 is 38.2 Å². The first-order chi connectivity index (χ1) is 30.6. The number of allylic oxidation sites excluding steroid dienone is 12. The molecule has 0 aliphatic carbocycles. The third kappa shape index (κ3) is 43.8. The summed E-state index contributed by atoms with van der Waals surface area (Å²) < 4.78 is 17.3. The molecule has 8 heteroatoms. The fourth-order valence-corrected chi connectivity index (χ4v) is 7.10. The van der Waals surface area contributed by atoms with Crippen LogP contribution in [0, 0.1) is 0 Å². The molecular formula is C55H96NO7+. The van der Waals surface area contributed by atoms with E-state index in [0.29, 0.717) is 19.3 Å². The lowest BCUT2D eigenvalue weighted by Crippen LogP contribution is -2.50. The molecule has 0 spiro atoms. The van der Waals surface area contributed by atoms with Crippen LogP contribution in [0.25, 0.3) is 0 Å². The third-order valence-corrected chi connectivity index (χ3v) is 11.1. The molecule has 2 atom stereocenters. The maximum absolute atomic E-state index is 12.8. The van der Waals surface area contributed by atoms with Gasteiger partial charge in [0.05, 0.1) is 34.4 Å². The molecule has 0 aliphatic heterocycles. The molecule has 0 fully saturated rings. The number of rotatable bonds is 45. The number of aliphatic carboxylic acids is 1. The minimum absolute atomic E-state index is 0.0381. The largest absolute Gasteiger partial charge is 0.477 e. The number of hydrogen-bond acceptors (Lipinski definition) is 6. The summed E-state index contributed by atoms with van der Waals surface area (Å²) in [5.41, 5.74) is 0. The Labute approximate surface area is 387 Å². The van der Waals surface area contributed by atoms with Crippen molar-refractivity contribution in [3.63, 3.8) is 0 Å². The number of likely N-dealkylation sites (N-methyl/N-ethyl adjacent to an activating group) is 1. The zero-order chi connectivity index (χ0) is 46.3. The van der Waals surface area contributed by atoms with Gasteiger partial charge >= 0.3 is 17.9 Å². The molecule has 0 aromatic rings. The Balaban J connectivity index is 4.38. The van der Waals surface area contributed by atoms with Gasteiger partial charge in [-0.3, -0.25) is 9.59 Å². The van der Waals surface area contributed by atoms with Crippen LogP contribution in [0.2, 0.25) is 0 Å². The van der Waals surface area contributed by atoms with E-state index in [0.717, 1.165) is 70.6 Å². The molecule has 0 saturated carbocycles. The van der Waals surface area contributed by atoms with Crippen LogP contribution in [0.3, 0.4) is 0 Å². The van der Waals surface area contributed by atoms with E-state index in [-0.39, 0.29) is 42.7 Å². The van der Waals surface area contributed by atoms with Crippen molar-refractivity contribution in [2.75, 3.05) is 41.0 Å². The van der Waals surface area contributed by atoms with Crippen LogP contribution in [0.5, 0.6) is 0 Å². The highest BCUT2D eigenvalue weighted by Gasteiger charge is 2.31. The van der Waals surface area contributed by atoms with Crippen molar-refractivity contribution in [2.24, 2.45) is 0 Å². The Hall–Kier alpha value is -3.23. The Morgan fingerprint density at radius 1 is 0.476 bits per heavy atom. The summed E-state index contributed by atoms with van der Waals surface area (Å²) in [7, 11) is 5.51. The zero-order valence-corrected chi connectivity index (χ0v) is 41.3. The molecule has 63 heavy (non-hydrogen) atoms. The molecule has 0 saturated heterocycles. The van der Waals surface area contributed by atoms with Crippen molar-refractivity contribution in [1.82, 2.24) is 0 Å². The van der Waals surface area contributed by atoms with Crippen LogP contribution in [-0.2, 0) is 28.6 Å². The number of carbonyl (C=O) groups is 3. The first kappa shape index (κ1) is 59.8. The second-order valence-corrected chi connectivity index (χ2v) is 18.1. The van der Waals surface area contributed by atoms with Gasteiger partial charge in [-0.05, 0) is 89.9 Å². The summed E-state index contributed by atoms with van der Waals surface area (Å²) in [5.74, 6) is -1.54. The molecule has 0 heterocycles. The number of quaternary nitrogens is 1. The molecule has 0 bridgehead atoms. The van der Waals surface area contributed by atoms with Crippen molar-refractivity contribution in [3.05, 3.63) is 72.9 Å². The third-order valence-electron chi connectivity index (χ3n) is 11.1. The summed E-state index contributed by atoms with van der Waals surface area (Å²) in [6, 6.07) is -0.628. The summed E-state index contributed by atoms with van der Waals surface area (Å²) >= 11 is 0. The number of carbonyl (C=O) groups excluding carboxylic acids is 2. The van der Waals surface area contributed by atoms with Crippen molar-refractivity contribution in [2.45, 2.75) is 219 Å². The SMILES string of the molecule is CCCCC/C=C/C/C=C/C/C=C/C/C=C/C/C=C/CCCCC(=O)OC(COCCC(C(=O)O)[N+](C)(C)C)COC(=O)CCCCCCC/C=C/CCCCCCCCCCC. The van der Waals surface area contributed by atoms with E-state index in [1.54, 1.807) is 0 Å². The number of carboxylic acids is 1. The van der Waals surface area contributed by atoms with Crippen LogP contribution in [-0.4, -0.2) is 80.6 Å². The van der Waals surface area contributed by atoms with Crippen LogP contribution >= 0.6 is 0 Å². The predicted octanol–water partition coefficient (Wildman–Crippen LogP) is 14.7. The average molecular weight is 883 g/mol. The Kier molecular flexibility index (Phi) is 43.0. The molecule has 362 valence electrons. The number of esters is 2. The standard InChI is InChI=1S/C55H95NO7/c1-6-8-10-12-14-16-18-20-22-24-26-27-28-30-32-34-36-38-40-42-44-46-54(58)63-51(49-61-48-47-52(55(59)60)56(3,4)5)50-62-53(57)45-43-41-39-37-35-33-31-29-25-23-21-19-17-15-13-11-9-7-2/h14,16,20,22,26-27,29-32,36,38,51-52H,6-13,15,17-19,21,23-25,28,33-35,37,39-50H2,1-5H3/p+1/b16-14+,22-20+,27-26+,31-29+,32-30+,38-36+. The smallest absolute Gasteiger partial charge is 0.362 e. The first-order valence-corrected chi connectivity index (χ1v) is 25.5. The maximum Gasteiger partial charge on any atom is 0.362 e. The number of nitrogens with zero attached hydrogens (tertiary/aromatic N) is 1. The van der Waals surface area contributed by atoms with Gasteiger partial charge in [0.25, 0.3) is 0 Å². The molecule has 8 nitrogen and oxygen atoms in total. The van der Waals surface area contributed by atoms with E-state index < -0.39 is 18.1 Å². The fourth-order valence-electron chi connectivity index (χ4n) is 7.10. The highest BCUT2D eigenvalue weighted by atomic mass is 16.6. The van der Waals surface area contributed by atoms with E-state index in [4.69, 9.17) is 14.2 Å². The maximum atomic E-state index is 12.8. The second kappa shape index (κ2) is 45.3. The quantitative estimate of drug-likeness (QED) is 0.0281. The highest BCUT2D eigenvalue weighted by Crippen LogP contribution is 2.14. The topological polar surface area (TPSA) is 99.1 Å². The molecule has 0 amide bonds. The van der Waals surface area contributed by atoms with E-state index in [9.17, 15) is 19.5 Å². The van der Waals surface area contributed by atoms with Crippen LogP contribution in [0.15, 0.2) is 72.9 Å². The lowest BCUT2D eigenvalue weighted by molar-refractivity contribution is -0.887. The van der Waals surface area contributed by atoms with Gasteiger partial charge in [-0.25, -0.2) is 4.79 Å². The molecule has 2 unspecified atom stereocenters. The number of ether oxygens (including phenoxy) is 3. The lowest BCUT2D eigenvalue weighted by Gasteiger charge is -2.31. The normalized spacial score (nSPS) is 13.5. The zero-order valence-electron chi connectivity index (χ0n) is 41.3. The van der Waals surface area contributed by atoms with Gasteiger partial charge in [-0.15, -0.1) is 0 Å². The van der Waals surface area contributed by atoms with Crippen molar-refractivity contribution in [3.8, 4) is 0 Å². The lowest BCUT2D eigenvalue weighted by atomic mass is 10.1. The summed E-state index contributed by atoms with van der Waals surface area (Å²) in [5, 5.41) is 9.65. The van der Waals surface area contributed by atoms with E-state index in [1.165, 1.54) is 96.3 Å². The van der Waals surface area contributed by atoms with Gasteiger partial charge in [-0.2, -0.15) is 0 Å². The molecule has 0 aromatic heterocycles. The average Bonchev–Trinajstić information content (AvgIpc) is 3.24. The molecule has 1 N–H and O–H groups in total. The summed E-state index contributed by atoms with van der Waals surface area (Å²) in [4.78, 5) is 37.1. The number of carboxylic acid groups (broad SMARTS) is 1. The second-order valence-electron chi connectivity index (χ2n) is 18.1. The molecule has 0 radical (unpaired) electrons. The minimum atomic E-state index is -0.885. The number of hydrogen-bond donors (Lipinski definition) is 1. The van der Waals surface area contributed by atoms with Crippen molar-refractivity contribution in [1.29, 1.82) is 0 Å². The van der Waals surface area contributed by atoms with Crippen LogP contribution < -0.4 is 0 Å².